The summed E-state index contributed by atoms with van der Waals surface area (Å²) in [5.41, 5.74) is 8.97. The summed E-state index contributed by atoms with van der Waals surface area (Å²) in [5, 5.41) is 4.29. The van der Waals surface area contributed by atoms with Crippen molar-refractivity contribution in [1.29, 1.82) is 0 Å². The van der Waals surface area contributed by atoms with Crippen molar-refractivity contribution in [3.05, 3.63) is 157 Å². The molecule has 3 heterocycles. The van der Waals surface area contributed by atoms with E-state index in [-0.39, 0.29) is 40.2 Å². The molecule has 0 bridgehead atoms. The molecule has 6 heteroatoms. The topological polar surface area (TPSA) is 43.6 Å². The van der Waals surface area contributed by atoms with Crippen LogP contribution in [0.15, 0.2) is 122 Å². The number of pyridine rings is 2. The zero-order chi connectivity index (χ0) is 32.0. The van der Waals surface area contributed by atoms with Crippen molar-refractivity contribution in [2.45, 2.75) is 59.8 Å². The molecule has 0 aliphatic rings. The molecule has 0 saturated carbocycles. The van der Waals surface area contributed by atoms with E-state index in [0.717, 1.165) is 34.6 Å². The predicted octanol–water partition coefficient (Wildman–Crippen LogP) is 10.2. The number of nitrogens with zero attached hydrogens (tertiary/aromatic N) is 4. The Kier molecular flexibility index (Phi) is 17.4. The maximum absolute atomic E-state index is 4.44. The molecule has 0 unspecified atom stereocenters. The van der Waals surface area contributed by atoms with Gasteiger partial charge >= 0.3 is 0 Å². The van der Waals surface area contributed by atoms with Gasteiger partial charge in [0.25, 0.3) is 0 Å². The summed E-state index contributed by atoms with van der Waals surface area (Å²) in [6, 6.07) is 41.6. The van der Waals surface area contributed by atoms with Gasteiger partial charge in [-0.3, -0.25) is 4.68 Å². The fourth-order valence-electron chi connectivity index (χ4n) is 4.52. The van der Waals surface area contributed by atoms with Gasteiger partial charge in [0.2, 0.25) is 0 Å². The summed E-state index contributed by atoms with van der Waals surface area (Å²) in [6.07, 6.45) is 8.89. The van der Waals surface area contributed by atoms with E-state index in [0.29, 0.717) is 17.8 Å². The van der Waals surface area contributed by atoms with E-state index in [4.69, 9.17) is 0 Å². The first-order valence-corrected chi connectivity index (χ1v) is 15.7. The van der Waals surface area contributed by atoms with Crippen LogP contribution in [0.1, 0.15) is 70.1 Å². The normalized spacial score (nSPS) is 10.2. The fourth-order valence-corrected chi connectivity index (χ4v) is 4.52. The van der Waals surface area contributed by atoms with E-state index in [9.17, 15) is 0 Å². The average Bonchev–Trinajstić information content (AvgIpc) is 3.58. The van der Waals surface area contributed by atoms with Gasteiger partial charge in [0, 0.05) is 58.8 Å². The summed E-state index contributed by atoms with van der Waals surface area (Å²) in [5.74, 6) is 1.73. The van der Waals surface area contributed by atoms with Crippen molar-refractivity contribution < 1.29 is 40.2 Å². The van der Waals surface area contributed by atoms with E-state index in [2.05, 4.69) is 105 Å². The van der Waals surface area contributed by atoms with Crippen LogP contribution in [-0.4, -0.2) is 19.7 Å². The van der Waals surface area contributed by atoms with Crippen molar-refractivity contribution in [3.63, 3.8) is 0 Å². The third-order valence-corrected chi connectivity index (χ3v) is 7.10. The molecule has 3 aromatic carbocycles. The molecule has 0 spiro atoms. The van der Waals surface area contributed by atoms with Gasteiger partial charge in [0.1, 0.15) is 0 Å². The van der Waals surface area contributed by atoms with Gasteiger partial charge in [0.05, 0.1) is 6.20 Å². The largest absolute Gasteiger partial charge is 0.305 e. The third kappa shape index (κ3) is 12.9. The minimum absolute atomic E-state index is 0. The van der Waals surface area contributed by atoms with Crippen molar-refractivity contribution in [3.8, 4) is 28.2 Å². The molecule has 0 saturated heterocycles. The van der Waals surface area contributed by atoms with E-state index in [1.54, 1.807) is 0 Å². The van der Waals surface area contributed by atoms with Gasteiger partial charge in [-0.25, -0.2) is 0 Å². The van der Waals surface area contributed by atoms with Crippen LogP contribution in [0.3, 0.4) is 0 Å². The second kappa shape index (κ2) is 20.7. The molecule has 248 valence electrons. The van der Waals surface area contributed by atoms with Crippen LogP contribution in [0.4, 0.5) is 0 Å². The molecular formula is C41H43Ir2N4-3. The maximum Gasteiger partial charge on any atom is 0.0527 e. The van der Waals surface area contributed by atoms with Crippen molar-refractivity contribution >= 4 is 0 Å². The summed E-state index contributed by atoms with van der Waals surface area (Å²) < 4.78 is 1.86. The summed E-state index contributed by atoms with van der Waals surface area (Å²) in [6.45, 7) is 13.1. The summed E-state index contributed by atoms with van der Waals surface area (Å²) in [4.78, 5) is 8.82. The maximum atomic E-state index is 4.44. The van der Waals surface area contributed by atoms with Gasteiger partial charge in [-0.15, -0.1) is 77.9 Å². The number of benzene rings is 3. The fraction of sp³-hybridized carbons (Fsp3) is 0.244. The second-order valence-electron chi connectivity index (χ2n) is 12.0. The van der Waals surface area contributed by atoms with Crippen molar-refractivity contribution in [2.75, 3.05) is 0 Å². The predicted molar refractivity (Wildman–Crippen MR) is 186 cm³/mol. The summed E-state index contributed by atoms with van der Waals surface area (Å²) >= 11 is 0. The van der Waals surface area contributed by atoms with Gasteiger partial charge < -0.3 is 9.97 Å². The quantitative estimate of drug-likeness (QED) is 0.150. The van der Waals surface area contributed by atoms with Crippen LogP contribution >= 0.6 is 0 Å². The number of rotatable bonds is 7. The molecule has 0 aliphatic carbocycles. The monoisotopic (exact) mass is 977 g/mol. The molecule has 6 aromatic rings. The Bertz CT molecular complexity index is 1680. The average molecular weight is 976 g/mol. The molecule has 2 radical (unpaired) electrons. The van der Waals surface area contributed by atoms with Crippen LogP contribution in [0, 0.1) is 24.1 Å². The number of hydrogen-bond donors (Lipinski definition) is 0. The Morgan fingerprint density at radius 1 is 0.617 bits per heavy atom. The van der Waals surface area contributed by atoms with Crippen molar-refractivity contribution in [2.24, 2.45) is 5.92 Å². The molecule has 3 aromatic heterocycles. The molecule has 4 nitrogen and oxygen atoms in total. The Morgan fingerprint density at radius 2 is 1.23 bits per heavy atom. The summed E-state index contributed by atoms with van der Waals surface area (Å²) in [7, 11) is 0. The first kappa shape index (κ1) is 39.6. The Morgan fingerprint density at radius 3 is 1.72 bits per heavy atom. The van der Waals surface area contributed by atoms with Crippen LogP contribution in [0.2, 0.25) is 0 Å². The minimum Gasteiger partial charge on any atom is -0.305 e. The van der Waals surface area contributed by atoms with Gasteiger partial charge in [-0.05, 0) is 58.4 Å². The van der Waals surface area contributed by atoms with Gasteiger partial charge in [-0.2, -0.15) is 29.4 Å². The zero-order valence-electron chi connectivity index (χ0n) is 27.9. The number of hydrogen-bond acceptors (Lipinski definition) is 3. The van der Waals surface area contributed by atoms with Crippen molar-refractivity contribution in [1.82, 2.24) is 19.7 Å². The molecule has 0 fully saturated rings. The van der Waals surface area contributed by atoms with Crippen LogP contribution in [0.5, 0.6) is 0 Å². The van der Waals surface area contributed by atoms with Crippen LogP contribution in [0.25, 0.3) is 28.2 Å². The van der Waals surface area contributed by atoms with E-state index in [1.165, 1.54) is 16.7 Å². The molecule has 6 rings (SSSR count). The van der Waals surface area contributed by atoms with E-state index in [1.807, 2.05) is 96.1 Å². The van der Waals surface area contributed by atoms with Crippen LogP contribution in [-0.2, 0) is 46.6 Å². The SMILES string of the molecule is CC(C)Cc1ccnc(-c2[c-]cccc2)c1.CC(C)c1ccc(-c2[c-]cccc2)nc1.CC(C)c1cnn(-c2[c-]cccc2)c1.[Ir].[Ir]. The number of aromatic nitrogens is 4. The van der Waals surface area contributed by atoms with Gasteiger partial charge in [0.15, 0.2) is 0 Å². The minimum atomic E-state index is 0. The molecule has 0 amide bonds. The first-order valence-electron chi connectivity index (χ1n) is 15.7. The standard InChI is InChI=1S/C15H16N.C14H14N.C12H13N2.2Ir/c1-12(2)10-13-8-9-16-15(11-13)14-6-4-3-5-7-14;1-11(2)13-8-9-14(15-10-13)12-6-4-3-5-7-12;1-10(2)11-8-13-14(9-11)12-6-4-3-5-7-12;;/h3-6,8-9,11-12H,10H2,1-2H3;3-6,8-11H,1-2H3;3-6,8-10H,1-2H3;;/q3*-1;;. The van der Waals surface area contributed by atoms with Crippen LogP contribution < -0.4 is 0 Å². The molecule has 0 aliphatic heterocycles. The van der Waals surface area contributed by atoms with E-state index < -0.39 is 0 Å². The Balaban J connectivity index is 0.000000240. The van der Waals surface area contributed by atoms with Gasteiger partial charge in [-0.1, -0.05) is 65.3 Å². The smallest absolute Gasteiger partial charge is 0.0527 e. The molecule has 0 N–H and O–H groups in total. The molecule has 47 heavy (non-hydrogen) atoms. The molecule has 0 atom stereocenters. The third-order valence-electron chi connectivity index (χ3n) is 7.10. The second-order valence-corrected chi connectivity index (χ2v) is 12.0. The first-order chi connectivity index (χ1) is 21.8. The van der Waals surface area contributed by atoms with E-state index >= 15 is 0 Å². The Labute approximate surface area is 308 Å². The number of para-hydroxylation sites is 1. The Hall–Kier alpha value is -3.53. The molecular weight excluding hydrogens is 933 g/mol. The zero-order valence-corrected chi connectivity index (χ0v) is 32.7.